The van der Waals surface area contributed by atoms with Crippen LogP contribution >= 0.6 is 0 Å². The number of rotatable bonds is 6. The highest BCUT2D eigenvalue weighted by Gasteiger charge is 2.41. The van der Waals surface area contributed by atoms with Gasteiger partial charge in [0.05, 0.1) is 19.2 Å². The van der Waals surface area contributed by atoms with Crippen molar-refractivity contribution in [3.8, 4) is 5.75 Å². The maximum atomic E-state index is 12.9. The van der Waals surface area contributed by atoms with Crippen LogP contribution in [0, 0.1) is 5.92 Å². The molecule has 1 N–H and O–H groups in total. The summed E-state index contributed by atoms with van der Waals surface area (Å²) in [5.74, 6) is 0.618. The smallest absolute Gasteiger partial charge is 0.329 e. The van der Waals surface area contributed by atoms with Gasteiger partial charge in [0.15, 0.2) is 0 Å². The molecule has 3 saturated heterocycles. The normalized spacial score (nSPS) is 26.4. The van der Waals surface area contributed by atoms with Gasteiger partial charge in [0, 0.05) is 19.6 Å². The fourth-order valence-corrected chi connectivity index (χ4v) is 5.22. The van der Waals surface area contributed by atoms with Crippen molar-refractivity contribution in [2.75, 3.05) is 38.7 Å². The number of piperidine rings is 2. The summed E-state index contributed by atoms with van der Waals surface area (Å²) in [6, 6.07) is 5.94. The van der Waals surface area contributed by atoms with Crippen molar-refractivity contribution < 1.29 is 19.1 Å². The van der Waals surface area contributed by atoms with Gasteiger partial charge in [-0.25, -0.2) is 9.69 Å². The molecule has 3 heterocycles. The lowest BCUT2D eigenvalue weighted by Gasteiger charge is -2.45. The molecule has 3 aliphatic heterocycles. The molecule has 31 heavy (non-hydrogen) atoms. The molecule has 0 bridgehead atoms. The van der Waals surface area contributed by atoms with Crippen LogP contribution in [-0.2, 0) is 9.59 Å². The summed E-state index contributed by atoms with van der Waals surface area (Å²) in [6.45, 7) is 3.04. The summed E-state index contributed by atoms with van der Waals surface area (Å²) in [5.41, 5.74) is 0.464. The van der Waals surface area contributed by atoms with Crippen molar-refractivity contribution in [3.05, 3.63) is 24.3 Å². The highest BCUT2D eigenvalue weighted by molar-refractivity contribution is 6.22. The standard InChI is InChI=1S/C23H32N4O4/c1-25(15-16-6-5-13-26-12-4-3-7-20(16)26)21(28)14-19-22(29)27(23(30)24-19)17-8-10-18(31-2)11-9-17/h8-11,16,19-20H,3-7,12-15H2,1-2H3,(H,24,30)/t16-,19-,20+/m1/s1. The van der Waals surface area contributed by atoms with E-state index in [2.05, 4.69) is 10.2 Å². The highest BCUT2D eigenvalue weighted by Crippen LogP contribution is 2.31. The summed E-state index contributed by atoms with van der Waals surface area (Å²) in [5, 5.41) is 2.67. The molecule has 0 unspecified atom stereocenters. The van der Waals surface area contributed by atoms with Gasteiger partial charge in [-0.15, -0.1) is 0 Å². The van der Waals surface area contributed by atoms with Crippen molar-refractivity contribution in [1.82, 2.24) is 15.1 Å². The minimum atomic E-state index is -0.831. The van der Waals surface area contributed by atoms with Crippen molar-refractivity contribution in [2.45, 2.75) is 50.6 Å². The molecule has 1 aromatic rings. The lowest BCUT2D eigenvalue weighted by molar-refractivity contribution is -0.133. The highest BCUT2D eigenvalue weighted by atomic mass is 16.5. The molecule has 8 nitrogen and oxygen atoms in total. The maximum Gasteiger partial charge on any atom is 0.329 e. The van der Waals surface area contributed by atoms with Gasteiger partial charge in [0.25, 0.3) is 5.91 Å². The lowest BCUT2D eigenvalue weighted by Crippen LogP contribution is -2.51. The van der Waals surface area contributed by atoms with Crippen LogP contribution in [0.25, 0.3) is 0 Å². The zero-order chi connectivity index (χ0) is 22.0. The van der Waals surface area contributed by atoms with Gasteiger partial charge in [0.1, 0.15) is 11.8 Å². The average molecular weight is 429 g/mol. The zero-order valence-electron chi connectivity index (χ0n) is 18.4. The first-order valence-electron chi connectivity index (χ1n) is 11.2. The fourth-order valence-electron chi connectivity index (χ4n) is 5.22. The van der Waals surface area contributed by atoms with E-state index in [1.807, 2.05) is 7.05 Å². The first kappa shape index (κ1) is 21.6. The van der Waals surface area contributed by atoms with Crippen LogP contribution in [0.2, 0.25) is 0 Å². The molecule has 1 aromatic carbocycles. The van der Waals surface area contributed by atoms with Crippen LogP contribution < -0.4 is 15.0 Å². The predicted molar refractivity (Wildman–Crippen MR) is 117 cm³/mol. The predicted octanol–water partition coefficient (Wildman–Crippen LogP) is 2.23. The number of ether oxygens (including phenoxy) is 1. The van der Waals surface area contributed by atoms with E-state index in [0.717, 1.165) is 11.3 Å². The molecule has 0 radical (unpaired) electrons. The Morgan fingerprint density at radius 2 is 1.87 bits per heavy atom. The summed E-state index contributed by atoms with van der Waals surface area (Å²) in [7, 11) is 3.37. The maximum absolute atomic E-state index is 12.9. The van der Waals surface area contributed by atoms with E-state index in [4.69, 9.17) is 4.74 Å². The average Bonchev–Trinajstić information content (AvgIpc) is 3.06. The Balaban J connectivity index is 1.35. The number of anilines is 1. The molecule has 0 aliphatic carbocycles. The Labute approximate surface area is 183 Å². The number of nitrogens with one attached hydrogen (secondary N) is 1. The van der Waals surface area contributed by atoms with Gasteiger partial charge in [0.2, 0.25) is 5.91 Å². The third-order valence-electron chi connectivity index (χ3n) is 6.89. The van der Waals surface area contributed by atoms with E-state index >= 15 is 0 Å². The van der Waals surface area contributed by atoms with E-state index in [1.165, 1.54) is 38.8 Å². The van der Waals surface area contributed by atoms with Gasteiger partial charge in [-0.1, -0.05) is 6.42 Å². The van der Waals surface area contributed by atoms with Crippen molar-refractivity contribution in [3.63, 3.8) is 0 Å². The molecular weight excluding hydrogens is 396 g/mol. The second kappa shape index (κ2) is 9.26. The lowest BCUT2D eigenvalue weighted by atomic mass is 9.83. The minimum absolute atomic E-state index is 0.0190. The van der Waals surface area contributed by atoms with Gasteiger partial charge in [-0.05, 0) is 69.0 Å². The van der Waals surface area contributed by atoms with Crippen molar-refractivity contribution >= 4 is 23.5 Å². The third kappa shape index (κ3) is 4.54. The molecule has 8 heteroatoms. The van der Waals surface area contributed by atoms with Gasteiger partial charge in [-0.3, -0.25) is 9.59 Å². The molecular formula is C23H32N4O4. The first-order chi connectivity index (χ1) is 15.0. The van der Waals surface area contributed by atoms with Gasteiger partial charge in [-0.2, -0.15) is 0 Å². The minimum Gasteiger partial charge on any atom is -0.497 e. The molecule has 0 aromatic heterocycles. The molecule has 3 fully saturated rings. The monoisotopic (exact) mass is 428 g/mol. The third-order valence-corrected chi connectivity index (χ3v) is 6.89. The number of methoxy groups -OCH3 is 1. The van der Waals surface area contributed by atoms with Crippen LogP contribution in [-0.4, -0.2) is 73.5 Å². The largest absolute Gasteiger partial charge is 0.497 e. The van der Waals surface area contributed by atoms with E-state index < -0.39 is 18.0 Å². The Morgan fingerprint density at radius 1 is 1.13 bits per heavy atom. The number of hydrogen-bond donors (Lipinski definition) is 1. The van der Waals surface area contributed by atoms with E-state index in [-0.39, 0.29) is 12.3 Å². The number of amides is 4. The molecule has 3 aliphatic rings. The number of urea groups is 1. The zero-order valence-corrected chi connectivity index (χ0v) is 18.4. The van der Waals surface area contributed by atoms with Crippen LogP contribution in [0.5, 0.6) is 5.75 Å². The number of benzene rings is 1. The Bertz CT molecular complexity index is 825. The van der Waals surface area contributed by atoms with Crippen LogP contribution in [0.3, 0.4) is 0 Å². The van der Waals surface area contributed by atoms with Crippen LogP contribution in [0.1, 0.15) is 38.5 Å². The van der Waals surface area contributed by atoms with Gasteiger partial charge >= 0.3 is 6.03 Å². The number of fused-ring (bicyclic) bond motifs is 1. The van der Waals surface area contributed by atoms with E-state index in [1.54, 1.807) is 36.3 Å². The van der Waals surface area contributed by atoms with E-state index in [9.17, 15) is 14.4 Å². The Hall–Kier alpha value is -2.61. The Kier molecular flexibility index (Phi) is 6.46. The summed E-state index contributed by atoms with van der Waals surface area (Å²) in [6.07, 6.45) is 6.04. The number of carbonyl (C=O) groups excluding carboxylic acids is 3. The van der Waals surface area contributed by atoms with Crippen LogP contribution in [0.15, 0.2) is 24.3 Å². The topological polar surface area (TPSA) is 82.2 Å². The van der Waals surface area contributed by atoms with Gasteiger partial charge < -0.3 is 19.9 Å². The quantitative estimate of drug-likeness (QED) is 0.703. The Morgan fingerprint density at radius 3 is 2.61 bits per heavy atom. The second-order valence-corrected chi connectivity index (χ2v) is 8.85. The molecule has 3 atom stereocenters. The second-order valence-electron chi connectivity index (χ2n) is 8.85. The fraction of sp³-hybridized carbons (Fsp3) is 0.609. The molecule has 4 amide bonds. The number of carbonyl (C=O) groups is 3. The molecule has 168 valence electrons. The SMILES string of the molecule is COc1ccc(N2C(=O)N[C@H](CC(=O)N(C)C[C@H]3CCCN4CCCC[C@@H]34)C2=O)cc1. The van der Waals surface area contributed by atoms with Crippen molar-refractivity contribution in [1.29, 1.82) is 0 Å². The summed E-state index contributed by atoms with van der Waals surface area (Å²) >= 11 is 0. The first-order valence-corrected chi connectivity index (χ1v) is 11.2. The van der Waals surface area contributed by atoms with E-state index in [0.29, 0.717) is 29.9 Å². The molecule has 0 spiro atoms. The number of hydrogen-bond acceptors (Lipinski definition) is 5. The molecule has 4 rings (SSSR count). The summed E-state index contributed by atoms with van der Waals surface area (Å²) in [4.78, 5) is 43.6. The van der Waals surface area contributed by atoms with Crippen LogP contribution in [0.4, 0.5) is 10.5 Å². The number of imide groups is 1. The molecule has 0 saturated carbocycles. The summed E-state index contributed by atoms with van der Waals surface area (Å²) < 4.78 is 5.12. The number of nitrogens with zero attached hydrogens (tertiary/aromatic N) is 3. The van der Waals surface area contributed by atoms with Crippen molar-refractivity contribution in [2.24, 2.45) is 5.92 Å².